The van der Waals surface area contributed by atoms with Gasteiger partial charge in [-0.05, 0) is 42.0 Å². The second-order valence-corrected chi connectivity index (χ2v) is 6.04. The molecule has 1 N–H and O–H groups in total. The van der Waals surface area contributed by atoms with Crippen LogP contribution in [0.15, 0.2) is 36.4 Å². The lowest BCUT2D eigenvalue weighted by Crippen LogP contribution is -2.34. The van der Waals surface area contributed by atoms with E-state index in [9.17, 15) is 9.59 Å². The van der Waals surface area contributed by atoms with Gasteiger partial charge in [-0.3, -0.25) is 4.79 Å². The zero-order chi connectivity index (χ0) is 18.1. The van der Waals surface area contributed by atoms with E-state index < -0.39 is 0 Å². The van der Waals surface area contributed by atoms with Crippen LogP contribution in [0.4, 0.5) is 0 Å². The molecule has 0 aliphatic carbocycles. The van der Waals surface area contributed by atoms with Gasteiger partial charge in [0.1, 0.15) is 11.9 Å². The van der Waals surface area contributed by atoms with Crippen LogP contribution in [0.5, 0.6) is 17.2 Å². The first-order valence-corrected chi connectivity index (χ1v) is 8.20. The number of hydrogen-bond acceptors (Lipinski definition) is 6. The lowest BCUT2D eigenvalue weighted by Gasteiger charge is -2.12. The molecule has 0 fully saturated rings. The highest BCUT2D eigenvalue weighted by atomic mass is 16.7. The third kappa shape index (κ3) is 3.03. The van der Waals surface area contributed by atoms with Crippen LogP contribution in [0.25, 0.3) is 0 Å². The van der Waals surface area contributed by atoms with Crippen molar-refractivity contribution in [3.63, 3.8) is 0 Å². The molecular weight excluding hydrogens is 338 g/mol. The molecule has 0 saturated carbocycles. The number of ether oxygens (including phenoxy) is 4. The largest absolute Gasteiger partial charge is 0.488 e. The highest BCUT2D eigenvalue weighted by molar-refractivity contribution is 5.95. The van der Waals surface area contributed by atoms with Gasteiger partial charge in [-0.1, -0.05) is 0 Å². The number of amides is 1. The van der Waals surface area contributed by atoms with Crippen molar-refractivity contribution in [1.29, 1.82) is 0 Å². The monoisotopic (exact) mass is 355 g/mol. The van der Waals surface area contributed by atoms with Gasteiger partial charge in [-0.15, -0.1) is 0 Å². The maximum absolute atomic E-state index is 12.3. The van der Waals surface area contributed by atoms with Gasteiger partial charge in [0.15, 0.2) is 11.5 Å². The number of rotatable bonds is 4. The Morgan fingerprint density at radius 2 is 1.85 bits per heavy atom. The highest BCUT2D eigenvalue weighted by Gasteiger charge is 2.25. The topological polar surface area (TPSA) is 83.1 Å². The summed E-state index contributed by atoms with van der Waals surface area (Å²) in [5.41, 5.74) is 1.91. The summed E-state index contributed by atoms with van der Waals surface area (Å²) in [7, 11) is 1.35. The van der Waals surface area contributed by atoms with E-state index in [0.29, 0.717) is 35.6 Å². The molecule has 7 heteroatoms. The molecule has 2 aromatic rings. The lowest BCUT2D eigenvalue weighted by molar-refractivity contribution is 0.0600. The molecule has 1 amide bonds. The summed E-state index contributed by atoms with van der Waals surface area (Å²) < 4.78 is 21.1. The zero-order valence-corrected chi connectivity index (χ0v) is 14.1. The predicted octanol–water partition coefficient (Wildman–Crippen LogP) is 1.94. The normalized spacial score (nSPS) is 16.6. The van der Waals surface area contributed by atoms with Crippen LogP contribution in [0.3, 0.4) is 0 Å². The van der Waals surface area contributed by atoms with Crippen molar-refractivity contribution < 1.29 is 28.5 Å². The molecule has 0 bridgehead atoms. The third-order valence-electron chi connectivity index (χ3n) is 4.35. The fraction of sp³-hybridized carbons (Fsp3) is 0.263. The summed E-state index contributed by atoms with van der Waals surface area (Å²) in [5, 5.41) is 2.86. The summed E-state index contributed by atoms with van der Waals surface area (Å²) >= 11 is 0. The maximum atomic E-state index is 12.3. The Bertz CT molecular complexity index is 878. The third-order valence-corrected chi connectivity index (χ3v) is 4.35. The van der Waals surface area contributed by atoms with E-state index in [1.165, 1.54) is 7.11 Å². The van der Waals surface area contributed by atoms with Crippen molar-refractivity contribution >= 4 is 11.9 Å². The molecule has 134 valence electrons. The Morgan fingerprint density at radius 1 is 1.08 bits per heavy atom. The molecule has 0 spiro atoms. The average molecular weight is 355 g/mol. The van der Waals surface area contributed by atoms with Crippen molar-refractivity contribution in [2.75, 3.05) is 20.4 Å². The summed E-state index contributed by atoms with van der Waals surface area (Å²) in [6, 6.07) is 10.2. The van der Waals surface area contributed by atoms with Gasteiger partial charge < -0.3 is 24.3 Å². The molecule has 0 unspecified atom stereocenters. The molecule has 2 aliphatic rings. The Hall–Kier alpha value is -3.22. The molecule has 0 radical (unpaired) electrons. The Kier molecular flexibility index (Phi) is 4.12. The van der Waals surface area contributed by atoms with Crippen molar-refractivity contribution in [2.24, 2.45) is 0 Å². The SMILES string of the molecule is COC(=O)c1ccc2c(c1)C[C@H](CNC(=O)c1ccc3c(c1)OCO3)O2. The van der Waals surface area contributed by atoms with E-state index in [1.807, 2.05) is 0 Å². The first-order chi connectivity index (χ1) is 12.6. The summed E-state index contributed by atoms with van der Waals surface area (Å²) in [6.07, 6.45) is 0.428. The van der Waals surface area contributed by atoms with Crippen LogP contribution in [-0.2, 0) is 11.2 Å². The minimum absolute atomic E-state index is 0.169. The van der Waals surface area contributed by atoms with E-state index in [4.69, 9.17) is 18.9 Å². The number of fused-ring (bicyclic) bond motifs is 2. The van der Waals surface area contributed by atoms with Gasteiger partial charge in [-0.25, -0.2) is 4.79 Å². The van der Waals surface area contributed by atoms with Gasteiger partial charge in [-0.2, -0.15) is 0 Å². The quantitative estimate of drug-likeness (QED) is 0.844. The van der Waals surface area contributed by atoms with Gasteiger partial charge in [0.2, 0.25) is 6.79 Å². The Morgan fingerprint density at radius 3 is 2.69 bits per heavy atom. The number of methoxy groups -OCH3 is 1. The fourth-order valence-electron chi connectivity index (χ4n) is 3.03. The van der Waals surface area contributed by atoms with E-state index in [1.54, 1.807) is 36.4 Å². The van der Waals surface area contributed by atoms with Crippen LogP contribution in [-0.4, -0.2) is 38.4 Å². The first-order valence-electron chi connectivity index (χ1n) is 8.20. The van der Waals surface area contributed by atoms with Crippen LogP contribution in [0, 0.1) is 0 Å². The molecule has 4 rings (SSSR count). The molecule has 0 aromatic heterocycles. The smallest absolute Gasteiger partial charge is 0.337 e. The van der Waals surface area contributed by atoms with Gasteiger partial charge in [0, 0.05) is 12.0 Å². The summed E-state index contributed by atoms with van der Waals surface area (Å²) in [5.74, 6) is 1.33. The minimum Gasteiger partial charge on any atom is -0.488 e. The van der Waals surface area contributed by atoms with Crippen LogP contribution >= 0.6 is 0 Å². The summed E-state index contributed by atoms with van der Waals surface area (Å²) in [6.45, 7) is 0.525. The van der Waals surface area contributed by atoms with E-state index in [2.05, 4.69) is 5.32 Å². The molecule has 26 heavy (non-hydrogen) atoms. The molecular formula is C19H17NO6. The highest BCUT2D eigenvalue weighted by Crippen LogP contribution is 2.32. The van der Waals surface area contributed by atoms with Crippen molar-refractivity contribution in [3.8, 4) is 17.2 Å². The average Bonchev–Trinajstić information content (AvgIpc) is 3.30. The molecule has 2 aliphatic heterocycles. The lowest BCUT2D eigenvalue weighted by atomic mass is 10.1. The molecule has 0 saturated heterocycles. The van der Waals surface area contributed by atoms with E-state index in [-0.39, 0.29) is 24.8 Å². The van der Waals surface area contributed by atoms with Crippen LogP contribution in [0.2, 0.25) is 0 Å². The first kappa shape index (κ1) is 16.3. The number of carbonyl (C=O) groups excluding carboxylic acids is 2. The Labute approximate surface area is 149 Å². The van der Waals surface area contributed by atoms with Crippen molar-refractivity contribution in [2.45, 2.75) is 12.5 Å². The second-order valence-electron chi connectivity index (χ2n) is 6.04. The number of hydrogen-bond donors (Lipinski definition) is 1. The molecule has 7 nitrogen and oxygen atoms in total. The zero-order valence-electron chi connectivity index (χ0n) is 14.1. The van der Waals surface area contributed by atoms with E-state index >= 15 is 0 Å². The number of esters is 1. The number of benzene rings is 2. The molecule has 2 aromatic carbocycles. The number of nitrogens with one attached hydrogen (secondary N) is 1. The minimum atomic E-state index is -0.382. The summed E-state index contributed by atoms with van der Waals surface area (Å²) in [4.78, 5) is 23.9. The predicted molar refractivity (Wildman–Crippen MR) is 90.8 cm³/mol. The standard InChI is InChI=1S/C19H17NO6/c1-23-19(22)12-3-4-15-13(6-12)7-14(26-15)9-20-18(21)11-2-5-16-17(8-11)25-10-24-16/h2-6,8,14H,7,9-10H2,1H3,(H,20,21)/t14-/m1/s1. The number of carbonyl (C=O) groups is 2. The molecule has 1 atom stereocenters. The Balaban J connectivity index is 1.37. The van der Waals surface area contributed by atoms with Crippen molar-refractivity contribution in [1.82, 2.24) is 5.32 Å². The van der Waals surface area contributed by atoms with Gasteiger partial charge in [0.05, 0.1) is 19.2 Å². The fourth-order valence-corrected chi connectivity index (χ4v) is 3.03. The van der Waals surface area contributed by atoms with Crippen LogP contribution < -0.4 is 19.5 Å². The van der Waals surface area contributed by atoms with Crippen molar-refractivity contribution in [3.05, 3.63) is 53.1 Å². The molecule has 2 heterocycles. The van der Waals surface area contributed by atoms with Crippen LogP contribution in [0.1, 0.15) is 26.3 Å². The van der Waals surface area contributed by atoms with Gasteiger partial charge >= 0.3 is 5.97 Å². The second kappa shape index (κ2) is 6.59. The van der Waals surface area contributed by atoms with E-state index in [0.717, 1.165) is 11.3 Å². The maximum Gasteiger partial charge on any atom is 0.337 e. The van der Waals surface area contributed by atoms with Gasteiger partial charge in [0.25, 0.3) is 5.91 Å².